The molecule has 4 nitrogen and oxygen atoms in total. The molecular formula is C11H12F3N3O. The van der Waals surface area contributed by atoms with Gasteiger partial charge in [0, 0.05) is 17.9 Å². The average molecular weight is 259 g/mol. The number of nitrogens with two attached hydrogens (primary N) is 1. The van der Waals surface area contributed by atoms with Gasteiger partial charge in [0.2, 0.25) is 0 Å². The summed E-state index contributed by atoms with van der Waals surface area (Å²) in [5.74, 6) is 0. The van der Waals surface area contributed by atoms with Crippen molar-refractivity contribution in [3.8, 4) is 6.07 Å². The van der Waals surface area contributed by atoms with Gasteiger partial charge in [0.05, 0.1) is 12.2 Å². The van der Waals surface area contributed by atoms with Gasteiger partial charge in [0.1, 0.15) is 12.7 Å². The molecule has 0 aliphatic heterocycles. The fraction of sp³-hybridized carbons (Fsp3) is 0.364. The van der Waals surface area contributed by atoms with Crippen molar-refractivity contribution in [1.29, 1.82) is 5.26 Å². The van der Waals surface area contributed by atoms with Gasteiger partial charge in [-0.15, -0.1) is 0 Å². The number of nitrogen functional groups attached to an aromatic ring is 1. The van der Waals surface area contributed by atoms with Gasteiger partial charge in [-0.25, -0.2) is 0 Å². The van der Waals surface area contributed by atoms with Crippen molar-refractivity contribution in [2.45, 2.75) is 6.18 Å². The van der Waals surface area contributed by atoms with Crippen LogP contribution >= 0.6 is 0 Å². The van der Waals surface area contributed by atoms with E-state index >= 15 is 0 Å². The largest absolute Gasteiger partial charge is 0.411 e. The highest BCUT2D eigenvalue weighted by atomic mass is 19.4. The molecule has 7 heteroatoms. The molecule has 1 aromatic carbocycles. The number of rotatable bonds is 5. The third-order valence-corrected chi connectivity index (χ3v) is 2.01. The summed E-state index contributed by atoms with van der Waals surface area (Å²) in [7, 11) is 0. The molecule has 1 aromatic rings. The number of benzene rings is 1. The summed E-state index contributed by atoms with van der Waals surface area (Å²) in [5.41, 5.74) is 6.81. The summed E-state index contributed by atoms with van der Waals surface area (Å²) in [4.78, 5) is 0. The van der Waals surface area contributed by atoms with Crippen LogP contribution in [0.25, 0.3) is 0 Å². The molecule has 0 fully saturated rings. The van der Waals surface area contributed by atoms with Crippen LogP contribution in [0, 0.1) is 11.3 Å². The first-order valence-corrected chi connectivity index (χ1v) is 5.10. The Balaban J connectivity index is 2.34. The summed E-state index contributed by atoms with van der Waals surface area (Å²) in [6.07, 6.45) is -4.31. The van der Waals surface area contributed by atoms with E-state index in [1.54, 1.807) is 12.1 Å². The smallest absolute Gasteiger partial charge is 0.398 e. The number of alkyl halides is 3. The molecule has 0 atom stereocenters. The third kappa shape index (κ3) is 4.93. The van der Waals surface area contributed by atoms with Crippen LogP contribution in [0.1, 0.15) is 5.56 Å². The highest BCUT2D eigenvalue weighted by Gasteiger charge is 2.27. The Labute approximate surface area is 102 Å². The van der Waals surface area contributed by atoms with Gasteiger partial charge in [-0.05, 0) is 18.2 Å². The zero-order chi connectivity index (χ0) is 13.6. The molecule has 0 bridgehead atoms. The summed E-state index contributed by atoms with van der Waals surface area (Å²) in [5, 5.41) is 11.6. The number of anilines is 2. The predicted molar refractivity (Wildman–Crippen MR) is 60.9 cm³/mol. The van der Waals surface area contributed by atoms with Crippen molar-refractivity contribution in [1.82, 2.24) is 0 Å². The van der Waals surface area contributed by atoms with E-state index < -0.39 is 12.8 Å². The lowest BCUT2D eigenvalue weighted by Gasteiger charge is -2.09. The SMILES string of the molecule is N#Cc1cc(NCCOCC(F)(F)F)ccc1N. The first-order chi connectivity index (χ1) is 8.42. The Kier molecular flexibility index (Phi) is 4.80. The second kappa shape index (κ2) is 6.12. The van der Waals surface area contributed by atoms with Crippen LogP contribution in [-0.2, 0) is 4.74 Å². The molecule has 18 heavy (non-hydrogen) atoms. The lowest BCUT2D eigenvalue weighted by atomic mass is 10.2. The highest BCUT2D eigenvalue weighted by molar-refractivity contribution is 5.61. The first-order valence-electron chi connectivity index (χ1n) is 5.10. The van der Waals surface area contributed by atoms with E-state index in [0.29, 0.717) is 16.9 Å². The summed E-state index contributed by atoms with van der Waals surface area (Å²) >= 11 is 0. The van der Waals surface area contributed by atoms with Crippen molar-refractivity contribution in [3.05, 3.63) is 23.8 Å². The van der Waals surface area contributed by atoms with Crippen LogP contribution < -0.4 is 11.1 Å². The minimum Gasteiger partial charge on any atom is -0.398 e. The van der Waals surface area contributed by atoms with E-state index in [2.05, 4.69) is 10.1 Å². The van der Waals surface area contributed by atoms with E-state index in [1.165, 1.54) is 6.07 Å². The van der Waals surface area contributed by atoms with Gasteiger partial charge in [-0.2, -0.15) is 18.4 Å². The van der Waals surface area contributed by atoms with Crippen LogP contribution in [0.2, 0.25) is 0 Å². The zero-order valence-electron chi connectivity index (χ0n) is 9.42. The van der Waals surface area contributed by atoms with Crippen molar-refractivity contribution in [3.63, 3.8) is 0 Å². The van der Waals surface area contributed by atoms with E-state index in [4.69, 9.17) is 11.0 Å². The van der Waals surface area contributed by atoms with Gasteiger partial charge in [0.25, 0.3) is 0 Å². The molecule has 98 valence electrons. The molecule has 0 amide bonds. The molecule has 0 aromatic heterocycles. The van der Waals surface area contributed by atoms with Crippen LogP contribution in [0.4, 0.5) is 24.5 Å². The Bertz CT molecular complexity index is 440. The fourth-order valence-electron chi connectivity index (χ4n) is 1.22. The van der Waals surface area contributed by atoms with Crippen molar-refractivity contribution >= 4 is 11.4 Å². The normalized spacial score (nSPS) is 11.0. The van der Waals surface area contributed by atoms with E-state index in [0.717, 1.165) is 0 Å². The quantitative estimate of drug-likeness (QED) is 0.627. The number of hydrogen-bond acceptors (Lipinski definition) is 4. The number of ether oxygens (including phenoxy) is 1. The maximum absolute atomic E-state index is 11.8. The van der Waals surface area contributed by atoms with Crippen molar-refractivity contribution in [2.24, 2.45) is 0 Å². The van der Waals surface area contributed by atoms with E-state index in [-0.39, 0.29) is 13.2 Å². The number of nitriles is 1. The maximum Gasteiger partial charge on any atom is 0.411 e. The van der Waals surface area contributed by atoms with Gasteiger partial charge in [0.15, 0.2) is 0 Å². The lowest BCUT2D eigenvalue weighted by Crippen LogP contribution is -2.20. The van der Waals surface area contributed by atoms with Gasteiger partial charge >= 0.3 is 6.18 Å². The zero-order valence-corrected chi connectivity index (χ0v) is 9.42. The number of hydrogen-bond donors (Lipinski definition) is 2. The van der Waals surface area contributed by atoms with Crippen LogP contribution in [0.3, 0.4) is 0 Å². The Hall–Kier alpha value is -1.94. The van der Waals surface area contributed by atoms with E-state index in [1.807, 2.05) is 6.07 Å². The molecule has 0 spiro atoms. The molecule has 0 saturated carbocycles. The van der Waals surface area contributed by atoms with Gasteiger partial charge in [-0.3, -0.25) is 0 Å². The minimum atomic E-state index is -4.31. The standard InChI is InChI=1S/C11H12F3N3O/c12-11(13,14)7-18-4-3-17-9-1-2-10(16)8(5-9)6-15/h1-2,5,17H,3-4,7,16H2. The second-order valence-electron chi connectivity index (χ2n) is 3.51. The number of halogens is 3. The second-order valence-corrected chi connectivity index (χ2v) is 3.51. The van der Waals surface area contributed by atoms with Gasteiger partial charge in [-0.1, -0.05) is 0 Å². The monoisotopic (exact) mass is 259 g/mol. The minimum absolute atomic E-state index is 0.0776. The number of nitrogens with one attached hydrogen (secondary N) is 1. The summed E-state index contributed by atoms with van der Waals surface area (Å²) in [6.45, 7) is -1.13. The molecule has 1 rings (SSSR count). The van der Waals surface area contributed by atoms with Gasteiger partial charge < -0.3 is 15.8 Å². The maximum atomic E-state index is 11.8. The van der Waals surface area contributed by atoms with Crippen LogP contribution in [-0.4, -0.2) is 25.9 Å². The third-order valence-electron chi connectivity index (χ3n) is 2.01. The van der Waals surface area contributed by atoms with E-state index in [9.17, 15) is 13.2 Å². The van der Waals surface area contributed by atoms with Crippen molar-refractivity contribution < 1.29 is 17.9 Å². The van der Waals surface area contributed by atoms with Crippen LogP contribution in [0.15, 0.2) is 18.2 Å². The molecule has 3 N–H and O–H groups in total. The molecule has 0 unspecified atom stereocenters. The molecule has 0 radical (unpaired) electrons. The highest BCUT2D eigenvalue weighted by Crippen LogP contribution is 2.17. The molecule has 0 heterocycles. The molecular weight excluding hydrogens is 247 g/mol. The molecule has 0 saturated heterocycles. The Morgan fingerprint density at radius 3 is 2.72 bits per heavy atom. The summed E-state index contributed by atoms with van der Waals surface area (Å²) < 4.78 is 39.7. The average Bonchev–Trinajstić information content (AvgIpc) is 2.29. The van der Waals surface area contributed by atoms with Crippen LogP contribution in [0.5, 0.6) is 0 Å². The van der Waals surface area contributed by atoms with Crippen molar-refractivity contribution in [2.75, 3.05) is 30.8 Å². The first kappa shape index (κ1) is 14.1. The summed E-state index contributed by atoms with van der Waals surface area (Å²) in [6, 6.07) is 6.63. The predicted octanol–water partition coefficient (Wildman–Crippen LogP) is 2.13. The Morgan fingerprint density at radius 2 is 2.11 bits per heavy atom. The fourth-order valence-corrected chi connectivity index (χ4v) is 1.22. The number of nitrogens with zero attached hydrogens (tertiary/aromatic N) is 1. The lowest BCUT2D eigenvalue weighted by molar-refractivity contribution is -0.172. The Morgan fingerprint density at radius 1 is 1.39 bits per heavy atom. The topological polar surface area (TPSA) is 71.1 Å². The molecule has 0 aliphatic rings. The molecule has 0 aliphatic carbocycles.